The van der Waals surface area contributed by atoms with Gasteiger partial charge in [-0.25, -0.2) is 4.98 Å². The van der Waals surface area contributed by atoms with Crippen LogP contribution in [0.1, 0.15) is 29.2 Å². The van der Waals surface area contributed by atoms with Gasteiger partial charge in [0.25, 0.3) is 0 Å². The highest BCUT2D eigenvalue weighted by Crippen LogP contribution is 2.32. The van der Waals surface area contributed by atoms with Crippen LogP contribution in [-0.2, 0) is 0 Å². The molecule has 0 saturated heterocycles. The molecule has 2 aromatic rings. The second-order valence-electron chi connectivity index (χ2n) is 4.02. The Balaban J connectivity index is 2.56. The number of hydrogen-bond donors (Lipinski definition) is 1. The number of rotatable bonds is 3. The molecule has 0 aliphatic heterocycles. The molecular weight excluding hydrogens is 282 g/mol. The van der Waals surface area contributed by atoms with E-state index < -0.39 is 0 Å². The predicted octanol–water partition coefficient (Wildman–Crippen LogP) is 2.28. The van der Waals surface area contributed by atoms with Crippen molar-refractivity contribution in [2.45, 2.75) is 19.0 Å². The fourth-order valence-electron chi connectivity index (χ4n) is 1.90. The summed E-state index contributed by atoms with van der Waals surface area (Å²) in [6.45, 7) is 1.84. The fourth-order valence-corrected chi connectivity index (χ4v) is 3.18. The van der Waals surface area contributed by atoms with Crippen molar-refractivity contribution < 1.29 is 0 Å². The molecule has 7 heteroatoms. The standard InChI is InChI=1S/C12H10ClN5S/c1-7(16)12(10-2-3-11(13)19-10)18-6-17-8(4-14)9(18)5-15/h2-3,6-7,12H,16H2,1H3. The second kappa shape index (κ2) is 5.41. The minimum absolute atomic E-state index is 0.107. The number of nitrogens with two attached hydrogens (primary N) is 1. The number of nitriles is 2. The van der Waals surface area contributed by atoms with Crippen LogP contribution in [0.25, 0.3) is 0 Å². The van der Waals surface area contributed by atoms with Crippen LogP contribution in [0.4, 0.5) is 0 Å². The maximum Gasteiger partial charge on any atom is 0.176 e. The van der Waals surface area contributed by atoms with E-state index in [0.717, 1.165) is 4.88 Å². The quantitative estimate of drug-likeness (QED) is 0.939. The van der Waals surface area contributed by atoms with E-state index in [1.54, 1.807) is 10.6 Å². The molecule has 2 rings (SSSR count). The molecule has 0 spiro atoms. The lowest BCUT2D eigenvalue weighted by atomic mass is 10.1. The van der Waals surface area contributed by atoms with Gasteiger partial charge in [0, 0.05) is 10.9 Å². The Bertz CT molecular complexity index is 673. The van der Waals surface area contributed by atoms with E-state index in [2.05, 4.69) is 4.98 Å². The smallest absolute Gasteiger partial charge is 0.176 e. The number of hydrogen-bond acceptors (Lipinski definition) is 5. The molecule has 0 bridgehead atoms. The minimum atomic E-state index is -0.262. The SMILES string of the molecule is CC(N)C(c1ccc(Cl)s1)n1cnc(C#N)c1C#N. The normalized spacial score (nSPS) is 13.5. The van der Waals surface area contributed by atoms with Crippen molar-refractivity contribution in [1.29, 1.82) is 10.5 Å². The summed E-state index contributed by atoms with van der Waals surface area (Å²) in [7, 11) is 0. The van der Waals surface area contributed by atoms with Gasteiger partial charge in [-0.15, -0.1) is 11.3 Å². The summed E-state index contributed by atoms with van der Waals surface area (Å²) >= 11 is 7.34. The minimum Gasteiger partial charge on any atom is -0.326 e. The molecule has 0 saturated carbocycles. The number of thiophene rings is 1. The van der Waals surface area contributed by atoms with E-state index in [4.69, 9.17) is 22.6 Å². The van der Waals surface area contributed by atoms with E-state index in [-0.39, 0.29) is 23.5 Å². The molecule has 0 aromatic carbocycles. The molecule has 2 heterocycles. The molecule has 2 atom stereocenters. The van der Waals surface area contributed by atoms with Gasteiger partial charge < -0.3 is 10.3 Å². The van der Waals surface area contributed by atoms with E-state index in [1.165, 1.54) is 17.7 Å². The van der Waals surface area contributed by atoms with Gasteiger partial charge in [-0.05, 0) is 19.1 Å². The zero-order valence-electron chi connectivity index (χ0n) is 10.0. The Morgan fingerprint density at radius 1 is 1.42 bits per heavy atom. The molecule has 0 fully saturated rings. The lowest BCUT2D eigenvalue weighted by Gasteiger charge is -2.21. The highest BCUT2D eigenvalue weighted by molar-refractivity contribution is 7.16. The fraction of sp³-hybridized carbons (Fsp3) is 0.250. The van der Waals surface area contributed by atoms with Crippen LogP contribution in [0.2, 0.25) is 4.34 Å². The first kappa shape index (κ1) is 13.6. The van der Waals surface area contributed by atoms with Gasteiger partial charge in [0.2, 0.25) is 0 Å². The summed E-state index contributed by atoms with van der Waals surface area (Å²) in [6.07, 6.45) is 1.47. The van der Waals surface area contributed by atoms with Crippen LogP contribution in [0.15, 0.2) is 18.5 Å². The summed E-state index contributed by atoms with van der Waals surface area (Å²) < 4.78 is 2.28. The lowest BCUT2D eigenvalue weighted by molar-refractivity contribution is 0.500. The second-order valence-corrected chi connectivity index (χ2v) is 5.77. The lowest BCUT2D eigenvalue weighted by Crippen LogP contribution is -2.30. The van der Waals surface area contributed by atoms with Crippen molar-refractivity contribution >= 4 is 22.9 Å². The number of nitrogens with zero attached hydrogens (tertiary/aromatic N) is 4. The largest absolute Gasteiger partial charge is 0.326 e. The average Bonchev–Trinajstić information content (AvgIpc) is 2.96. The molecule has 19 heavy (non-hydrogen) atoms. The van der Waals surface area contributed by atoms with Gasteiger partial charge in [-0.3, -0.25) is 0 Å². The number of aromatic nitrogens is 2. The van der Waals surface area contributed by atoms with Gasteiger partial charge in [0.05, 0.1) is 16.7 Å². The first-order valence-electron chi connectivity index (χ1n) is 5.46. The monoisotopic (exact) mass is 291 g/mol. The van der Waals surface area contributed by atoms with Crippen molar-refractivity contribution in [2.75, 3.05) is 0 Å². The Labute approximate surface area is 119 Å². The molecule has 2 N–H and O–H groups in total. The molecule has 0 aliphatic carbocycles. The third-order valence-corrected chi connectivity index (χ3v) is 3.99. The van der Waals surface area contributed by atoms with Crippen molar-refractivity contribution in [1.82, 2.24) is 9.55 Å². The van der Waals surface area contributed by atoms with E-state index in [0.29, 0.717) is 4.34 Å². The molecule has 96 valence electrons. The molecule has 0 radical (unpaired) electrons. The zero-order chi connectivity index (χ0) is 14.0. The molecule has 2 aromatic heterocycles. The number of halogens is 1. The molecule has 0 aliphatic rings. The van der Waals surface area contributed by atoms with E-state index in [9.17, 15) is 5.26 Å². The van der Waals surface area contributed by atoms with Gasteiger partial charge in [0.1, 0.15) is 12.1 Å². The summed E-state index contributed by atoms with van der Waals surface area (Å²) in [6, 6.07) is 7.04. The number of imidazole rings is 1. The maximum atomic E-state index is 9.18. The summed E-state index contributed by atoms with van der Waals surface area (Å²) in [5.41, 5.74) is 6.33. The maximum absolute atomic E-state index is 9.18. The van der Waals surface area contributed by atoms with Crippen LogP contribution in [-0.4, -0.2) is 15.6 Å². The molecule has 2 unspecified atom stereocenters. The summed E-state index contributed by atoms with van der Waals surface area (Å²) in [5, 5.41) is 18.1. The Hall–Kier alpha value is -1.86. The highest BCUT2D eigenvalue weighted by Gasteiger charge is 2.24. The first-order chi connectivity index (χ1) is 9.08. The van der Waals surface area contributed by atoms with E-state index >= 15 is 0 Å². The van der Waals surface area contributed by atoms with Crippen LogP contribution in [0.5, 0.6) is 0 Å². The van der Waals surface area contributed by atoms with Gasteiger partial charge in [-0.2, -0.15) is 10.5 Å². The molecular formula is C12H10ClN5S. The van der Waals surface area contributed by atoms with Crippen LogP contribution < -0.4 is 5.73 Å². The van der Waals surface area contributed by atoms with Crippen molar-refractivity contribution in [2.24, 2.45) is 5.73 Å². The zero-order valence-corrected chi connectivity index (χ0v) is 11.6. The highest BCUT2D eigenvalue weighted by atomic mass is 35.5. The molecule has 0 amide bonds. The molecule has 5 nitrogen and oxygen atoms in total. The first-order valence-corrected chi connectivity index (χ1v) is 6.65. The van der Waals surface area contributed by atoms with E-state index in [1.807, 2.05) is 25.1 Å². The van der Waals surface area contributed by atoms with Crippen LogP contribution in [0.3, 0.4) is 0 Å². The third-order valence-electron chi connectivity index (χ3n) is 2.69. The van der Waals surface area contributed by atoms with Crippen molar-refractivity contribution in [3.05, 3.63) is 39.1 Å². The Morgan fingerprint density at radius 3 is 2.63 bits per heavy atom. The third kappa shape index (κ3) is 2.47. The van der Waals surface area contributed by atoms with Crippen molar-refractivity contribution in [3.8, 4) is 12.1 Å². The van der Waals surface area contributed by atoms with Gasteiger partial charge in [-0.1, -0.05) is 11.6 Å². The van der Waals surface area contributed by atoms with Crippen LogP contribution in [0, 0.1) is 22.7 Å². The average molecular weight is 292 g/mol. The Morgan fingerprint density at radius 2 is 2.16 bits per heavy atom. The topological polar surface area (TPSA) is 91.4 Å². The summed E-state index contributed by atoms with van der Waals surface area (Å²) in [4.78, 5) is 4.87. The van der Waals surface area contributed by atoms with Crippen LogP contribution >= 0.6 is 22.9 Å². The van der Waals surface area contributed by atoms with Gasteiger partial charge in [0.15, 0.2) is 11.4 Å². The summed E-state index contributed by atoms with van der Waals surface area (Å²) in [5.74, 6) is 0. The van der Waals surface area contributed by atoms with Crippen molar-refractivity contribution in [3.63, 3.8) is 0 Å². The van der Waals surface area contributed by atoms with Gasteiger partial charge >= 0.3 is 0 Å². The Kier molecular flexibility index (Phi) is 3.87. The predicted molar refractivity (Wildman–Crippen MR) is 72.8 cm³/mol.